The van der Waals surface area contributed by atoms with E-state index in [0.717, 1.165) is 29.9 Å². The van der Waals surface area contributed by atoms with Crippen LogP contribution in [0.25, 0.3) is 0 Å². The van der Waals surface area contributed by atoms with E-state index in [1.165, 1.54) is 11.8 Å². The van der Waals surface area contributed by atoms with Crippen LogP contribution >= 0.6 is 23.5 Å². The standard InChI is InChI=1S/C17H25N3O2S2/c1-11(2)6-7-20-12(3)8-14(13(20)4)15(21)9-24-17-19-18-16(22-17)10-23-5/h8,11H,6-7,9-10H2,1-5H3. The van der Waals surface area contributed by atoms with E-state index in [9.17, 15) is 4.79 Å². The van der Waals surface area contributed by atoms with E-state index < -0.39 is 0 Å². The summed E-state index contributed by atoms with van der Waals surface area (Å²) >= 11 is 2.93. The summed E-state index contributed by atoms with van der Waals surface area (Å²) in [5, 5.41) is 8.39. The van der Waals surface area contributed by atoms with Gasteiger partial charge in [-0.3, -0.25) is 4.79 Å². The van der Waals surface area contributed by atoms with Crippen molar-refractivity contribution in [1.29, 1.82) is 0 Å². The van der Waals surface area contributed by atoms with E-state index in [2.05, 4.69) is 35.5 Å². The molecular formula is C17H25N3O2S2. The third-order valence-corrected chi connectivity index (χ3v) is 5.20. The summed E-state index contributed by atoms with van der Waals surface area (Å²) < 4.78 is 7.73. The highest BCUT2D eigenvalue weighted by molar-refractivity contribution is 7.99. The summed E-state index contributed by atoms with van der Waals surface area (Å²) in [6.45, 7) is 9.47. The van der Waals surface area contributed by atoms with Gasteiger partial charge in [0.05, 0.1) is 11.5 Å². The molecule has 0 fully saturated rings. The predicted molar refractivity (Wildman–Crippen MR) is 99.9 cm³/mol. The molecule has 0 aliphatic heterocycles. The first-order chi connectivity index (χ1) is 11.4. The molecule has 0 aromatic carbocycles. The highest BCUT2D eigenvalue weighted by atomic mass is 32.2. The van der Waals surface area contributed by atoms with Crippen molar-refractivity contribution in [3.05, 3.63) is 28.9 Å². The lowest BCUT2D eigenvalue weighted by Crippen LogP contribution is -2.08. The van der Waals surface area contributed by atoms with E-state index in [0.29, 0.717) is 28.5 Å². The smallest absolute Gasteiger partial charge is 0.277 e. The van der Waals surface area contributed by atoms with Crippen LogP contribution in [0, 0.1) is 19.8 Å². The number of aromatic nitrogens is 3. The topological polar surface area (TPSA) is 60.9 Å². The first-order valence-electron chi connectivity index (χ1n) is 8.06. The van der Waals surface area contributed by atoms with Gasteiger partial charge in [-0.05, 0) is 38.5 Å². The second-order valence-electron chi connectivity index (χ2n) is 6.23. The molecule has 0 N–H and O–H groups in total. The molecule has 7 heteroatoms. The number of aryl methyl sites for hydroxylation is 1. The molecule has 2 aromatic heterocycles. The molecule has 0 bridgehead atoms. The van der Waals surface area contributed by atoms with Crippen LogP contribution in [0.1, 0.15) is 47.9 Å². The summed E-state index contributed by atoms with van der Waals surface area (Å²) in [5.41, 5.74) is 2.99. The average molecular weight is 368 g/mol. The Bertz CT molecular complexity index is 692. The molecule has 0 saturated heterocycles. The summed E-state index contributed by atoms with van der Waals surface area (Å²) in [4.78, 5) is 12.5. The molecule has 2 aromatic rings. The van der Waals surface area contributed by atoms with Crippen LogP contribution in [-0.2, 0) is 12.3 Å². The van der Waals surface area contributed by atoms with E-state index in [1.807, 2.05) is 19.2 Å². The largest absolute Gasteiger partial charge is 0.415 e. The molecular weight excluding hydrogens is 342 g/mol. The van der Waals surface area contributed by atoms with Crippen molar-refractivity contribution in [2.45, 2.75) is 51.6 Å². The van der Waals surface area contributed by atoms with Crippen molar-refractivity contribution < 1.29 is 9.21 Å². The van der Waals surface area contributed by atoms with Crippen LogP contribution in [0.2, 0.25) is 0 Å². The Morgan fingerprint density at radius 1 is 1.33 bits per heavy atom. The van der Waals surface area contributed by atoms with Gasteiger partial charge in [-0.1, -0.05) is 25.6 Å². The number of carbonyl (C=O) groups is 1. The maximum Gasteiger partial charge on any atom is 0.277 e. The van der Waals surface area contributed by atoms with Gasteiger partial charge in [-0.15, -0.1) is 10.2 Å². The zero-order chi connectivity index (χ0) is 17.7. The van der Waals surface area contributed by atoms with Gasteiger partial charge >= 0.3 is 0 Å². The Morgan fingerprint density at radius 3 is 2.75 bits per heavy atom. The molecule has 0 radical (unpaired) electrons. The van der Waals surface area contributed by atoms with Crippen LogP contribution in [0.5, 0.6) is 0 Å². The van der Waals surface area contributed by atoms with Crippen LogP contribution in [0.4, 0.5) is 0 Å². The minimum absolute atomic E-state index is 0.105. The fraction of sp³-hybridized carbons (Fsp3) is 0.588. The number of ketones is 1. The van der Waals surface area contributed by atoms with Crippen molar-refractivity contribution in [1.82, 2.24) is 14.8 Å². The van der Waals surface area contributed by atoms with Crippen molar-refractivity contribution in [3.63, 3.8) is 0 Å². The fourth-order valence-electron chi connectivity index (χ4n) is 2.50. The summed E-state index contributed by atoms with van der Waals surface area (Å²) in [6.07, 6.45) is 3.09. The third-order valence-electron chi connectivity index (χ3n) is 3.85. The second-order valence-corrected chi connectivity index (χ2v) is 8.02. The predicted octanol–water partition coefficient (Wildman–Crippen LogP) is 4.37. The molecule has 0 spiro atoms. The number of thioether (sulfide) groups is 2. The molecule has 2 rings (SSSR count). The van der Waals surface area contributed by atoms with Gasteiger partial charge in [-0.2, -0.15) is 11.8 Å². The molecule has 0 aliphatic rings. The average Bonchev–Trinajstić information content (AvgIpc) is 3.08. The van der Waals surface area contributed by atoms with Crippen LogP contribution in [0.15, 0.2) is 15.7 Å². The van der Waals surface area contributed by atoms with Crippen molar-refractivity contribution in [2.24, 2.45) is 5.92 Å². The van der Waals surface area contributed by atoms with Crippen molar-refractivity contribution in [3.8, 4) is 0 Å². The number of Topliss-reactive ketones (excluding diaryl/α,β-unsaturated/α-hetero) is 1. The molecule has 24 heavy (non-hydrogen) atoms. The summed E-state index contributed by atoms with van der Waals surface area (Å²) in [6, 6.07) is 1.99. The zero-order valence-corrected chi connectivity index (χ0v) is 16.6. The third kappa shape index (κ3) is 4.89. The molecule has 0 amide bonds. The summed E-state index contributed by atoms with van der Waals surface area (Å²) in [7, 11) is 0. The Kier molecular flexibility index (Phi) is 6.98. The summed E-state index contributed by atoms with van der Waals surface area (Å²) in [5.74, 6) is 2.36. The van der Waals surface area contributed by atoms with Gasteiger partial charge in [-0.25, -0.2) is 0 Å². The monoisotopic (exact) mass is 367 g/mol. The lowest BCUT2D eigenvalue weighted by Gasteiger charge is -2.11. The Labute approximate surface area is 152 Å². The number of nitrogens with zero attached hydrogens (tertiary/aromatic N) is 3. The van der Waals surface area contributed by atoms with Crippen molar-refractivity contribution in [2.75, 3.05) is 12.0 Å². The minimum Gasteiger partial charge on any atom is -0.415 e. The Hall–Kier alpha value is -1.21. The maximum absolute atomic E-state index is 12.5. The van der Waals surface area contributed by atoms with Crippen molar-refractivity contribution >= 4 is 29.3 Å². The lowest BCUT2D eigenvalue weighted by molar-refractivity contribution is 0.102. The highest BCUT2D eigenvalue weighted by Gasteiger charge is 2.17. The first kappa shape index (κ1) is 19.1. The molecule has 0 unspecified atom stereocenters. The quantitative estimate of drug-likeness (QED) is 0.484. The number of hydrogen-bond donors (Lipinski definition) is 0. The van der Waals surface area contributed by atoms with E-state index >= 15 is 0 Å². The highest BCUT2D eigenvalue weighted by Crippen LogP contribution is 2.22. The molecule has 0 aliphatic carbocycles. The number of carbonyl (C=O) groups excluding carboxylic acids is 1. The lowest BCUT2D eigenvalue weighted by atomic mass is 10.1. The van der Waals surface area contributed by atoms with Gasteiger partial charge < -0.3 is 8.98 Å². The SMILES string of the molecule is CSCc1nnc(SCC(=O)c2cc(C)n(CCC(C)C)c2C)o1. The molecule has 0 atom stereocenters. The Balaban J connectivity index is 2.00. The molecule has 2 heterocycles. The minimum atomic E-state index is 0.105. The van der Waals surface area contributed by atoms with Crippen LogP contribution < -0.4 is 0 Å². The zero-order valence-electron chi connectivity index (χ0n) is 15.0. The molecule has 5 nitrogen and oxygen atoms in total. The first-order valence-corrected chi connectivity index (χ1v) is 10.4. The fourth-order valence-corrected chi connectivity index (χ4v) is 3.53. The normalized spacial score (nSPS) is 11.4. The van der Waals surface area contributed by atoms with E-state index in [-0.39, 0.29) is 5.78 Å². The molecule has 132 valence electrons. The maximum atomic E-state index is 12.5. The van der Waals surface area contributed by atoms with E-state index in [1.54, 1.807) is 11.8 Å². The van der Waals surface area contributed by atoms with E-state index in [4.69, 9.17) is 4.42 Å². The second kappa shape index (κ2) is 8.76. The van der Waals surface area contributed by atoms with Gasteiger partial charge in [0.1, 0.15) is 0 Å². The Morgan fingerprint density at radius 2 is 2.08 bits per heavy atom. The number of hydrogen-bond acceptors (Lipinski definition) is 6. The van der Waals surface area contributed by atoms with Gasteiger partial charge in [0.25, 0.3) is 5.22 Å². The van der Waals surface area contributed by atoms with Gasteiger partial charge in [0.15, 0.2) is 5.78 Å². The van der Waals surface area contributed by atoms with Gasteiger partial charge in [0, 0.05) is 23.5 Å². The van der Waals surface area contributed by atoms with Gasteiger partial charge in [0.2, 0.25) is 5.89 Å². The van der Waals surface area contributed by atoms with Crippen LogP contribution in [-0.4, -0.2) is 32.6 Å². The molecule has 0 saturated carbocycles. The van der Waals surface area contributed by atoms with Crippen LogP contribution in [0.3, 0.4) is 0 Å². The number of rotatable bonds is 9.